The zero-order chi connectivity index (χ0) is 11.8. The second kappa shape index (κ2) is 3.78. The fourth-order valence-electron chi connectivity index (χ4n) is 1.01. The Balaban J connectivity index is 3.62. The van der Waals surface area contributed by atoms with E-state index in [1.807, 2.05) is 0 Å². The molecule has 9 heteroatoms. The molecule has 0 unspecified atom stereocenters. The van der Waals surface area contributed by atoms with Gasteiger partial charge in [-0.3, -0.25) is 0 Å². The van der Waals surface area contributed by atoms with Crippen LogP contribution in [0.5, 0.6) is 0 Å². The van der Waals surface area contributed by atoms with E-state index in [4.69, 9.17) is 22.1 Å². The van der Waals surface area contributed by atoms with Crippen LogP contribution in [0.4, 0.5) is 20.3 Å². The van der Waals surface area contributed by atoms with Gasteiger partial charge in [-0.2, -0.15) is 0 Å². The van der Waals surface area contributed by atoms with Crippen molar-refractivity contribution in [2.75, 3.05) is 11.5 Å². The van der Waals surface area contributed by atoms with Crippen LogP contribution in [0.1, 0.15) is 12.1 Å². The summed E-state index contributed by atoms with van der Waals surface area (Å²) >= 11 is 0. The predicted molar refractivity (Wildman–Crippen MR) is 51.1 cm³/mol. The van der Waals surface area contributed by atoms with E-state index < -0.39 is 31.8 Å². The largest absolute Gasteiger partial charge is 0.397 e. The van der Waals surface area contributed by atoms with Crippen LogP contribution in [0, 0.1) is 0 Å². The van der Waals surface area contributed by atoms with Crippen molar-refractivity contribution in [3.63, 3.8) is 0 Å². The summed E-state index contributed by atoms with van der Waals surface area (Å²) < 4.78 is 46.8. The summed E-state index contributed by atoms with van der Waals surface area (Å²) in [6.07, 6.45) is -3.13. The maximum atomic E-state index is 12.4. The highest BCUT2D eigenvalue weighted by Gasteiger charge is 2.26. The second-order valence-corrected chi connectivity index (χ2v) is 5.09. The molecule has 5 nitrogen and oxygen atoms in total. The Labute approximate surface area is 88.5 Å². The van der Waals surface area contributed by atoms with Crippen LogP contribution in [-0.2, 0) is 9.05 Å². The summed E-state index contributed by atoms with van der Waals surface area (Å²) in [5.41, 5.74) is 8.89. The number of rotatable bonds is 2. The van der Waals surface area contributed by atoms with Gasteiger partial charge >= 0.3 is 0 Å². The molecule has 0 aliphatic rings. The van der Waals surface area contributed by atoms with E-state index in [9.17, 15) is 17.2 Å². The lowest BCUT2D eigenvalue weighted by atomic mass is 10.3. The molecule has 0 saturated heterocycles. The van der Waals surface area contributed by atoms with E-state index in [0.717, 1.165) is 6.07 Å². The smallest absolute Gasteiger partial charge is 0.281 e. The summed E-state index contributed by atoms with van der Waals surface area (Å²) in [6, 6.07) is 0.946. The van der Waals surface area contributed by atoms with Crippen molar-refractivity contribution in [1.82, 2.24) is 4.98 Å². The standard InChI is InChI=1S/C6H6ClF2N3O2S/c7-15(13,14)5-2(10)1-3(11)12-4(5)6(8)9/h1,6H,(H4,10,11,12). The molecule has 0 saturated carbocycles. The Hall–Kier alpha value is -1.15. The van der Waals surface area contributed by atoms with E-state index in [2.05, 4.69) is 4.98 Å². The minimum Gasteiger partial charge on any atom is -0.397 e. The van der Waals surface area contributed by atoms with Crippen LogP contribution < -0.4 is 11.5 Å². The minimum atomic E-state index is -4.38. The first kappa shape index (κ1) is 11.9. The van der Waals surface area contributed by atoms with Gasteiger partial charge in [-0.15, -0.1) is 0 Å². The topological polar surface area (TPSA) is 99.1 Å². The fourth-order valence-corrected chi connectivity index (χ4v) is 2.24. The Morgan fingerprint density at radius 2 is 1.93 bits per heavy atom. The summed E-state index contributed by atoms with van der Waals surface area (Å²) in [6.45, 7) is 0. The molecule has 0 fully saturated rings. The molecule has 84 valence electrons. The number of halogens is 3. The Morgan fingerprint density at radius 3 is 2.33 bits per heavy atom. The molecule has 1 rings (SSSR count). The molecule has 0 aliphatic heterocycles. The predicted octanol–water partition coefficient (Wildman–Crippen LogP) is 1.11. The van der Waals surface area contributed by atoms with Gasteiger partial charge in [0.2, 0.25) is 0 Å². The van der Waals surface area contributed by atoms with E-state index in [-0.39, 0.29) is 5.82 Å². The van der Waals surface area contributed by atoms with Crippen molar-refractivity contribution in [2.45, 2.75) is 11.3 Å². The van der Waals surface area contributed by atoms with Gasteiger partial charge in [-0.05, 0) is 0 Å². The SMILES string of the molecule is Nc1cc(N)c(S(=O)(=O)Cl)c(C(F)F)n1. The fraction of sp³-hybridized carbons (Fsp3) is 0.167. The highest BCUT2D eigenvalue weighted by atomic mass is 35.7. The van der Waals surface area contributed by atoms with Crippen molar-refractivity contribution >= 4 is 31.2 Å². The molecule has 0 aliphatic carbocycles. The summed E-state index contributed by atoms with van der Waals surface area (Å²) in [5.74, 6) is -0.299. The Bertz CT molecular complexity index is 491. The van der Waals surface area contributed by atoms with Gasteiger partial charge < -0.3 is 11.5 Å². The third kappa shape index (κ3) is 2.45. The van der Waals surface area contributed by atoms with E-state index in [1.54, 1.807) is 0 Å². The molecule has 4 N–H and O–H groups in total. The average molecular weight is 258 g/mol. The summed E-state index contributed by atoms with van der Waals surface area (Å²) in [4.78, 5) is 2.29. The number of hydrogen-bond donors (Lipinski definition) is 2. The molecule has 0 bridgehead atoms. The average Bonchev–Trinajstić information content (AvgIpc) is 1.99. The van der Waals surface area contributed by atoms with Crippen molar-refractivity contribution in [3.8, 4) is 0 Å². The number of nitrogens with two attached hydrogens (primary N) is 2. The third-order valence-electron chi connectivity index (χ3n) is 1.50. The van der Waals surface area contributed by atoms with E-state index in [0.29, 0.717) is 0 Å². The van der Waals surface area contributed by atoms with Gasteiger partial charge in [0, 0.05) is 16.7 Å². The molecule has 1 aromatic heterocycles. The van der Waals surface area contributed by atoms with Crippen molar-refractivity contribution < 1.29 is 17.2 Å². The lowest BCUT2D eigenvalue weighted by Gasteiger charge is -2.08. The molecule has 0 aromatic carbocycles. The van der Waals surface area contributed by atoms with Crippen molar-refractivity contribution in [3.05, 3.63) is 11.8 Å². The van der Waals surface area contributed by atoms with E-state index >= 15 is 0 Å². The lowest BCUT2D eigenvalue weighted by molar-refractivity contribution is 0.142. The van der Waals surface area contributed by atoms with Crippen LogP contribution >= 0.6 is 10.7 Å². The van der Waals surface area contributed by atoms with Crippen LogP contribution in [0.2, 0.25) is 0 Å². The molecule has 1 heterocycles. The van der Waals surface area contributed by atoms with Crippen LogP contribution in [0.15, 0.2) is 11.0 Å². The maximum absolute atomic E-state index is 12.4. The quantitative estimate of drug-likeness (QED) is 0.773. The van der Waals surface area contributed by atoms with Gasteiger partial charge in [0.25, 0.3) is 15.5 Å². The van der Waals surface area contributed by atoms with Gasteiger partial charge in [-0.25, -0.2) is 22.2 Å². The monoisotopic (exact) mass is 257 g/mol. The number of pyridine rings is 1. The number of anilines is 2. The summed E-state index contributed by atoms with van der Waals surface area (Å²) in [5, 5.41) is 0. The van der Waals surface area contributed by atoms with Crippen LogP contribution in [0.3, 0.4) is 0 Å². The van der Waals surface area contributed by atoms with Gasteiger partial charge in [0.15, 0.2) is 0 Å². The highest BCUT2D eigenvalue weighted by Crippen LogP contribution is 2.32. The number of aromatic nitrogens is 1. The third-order valence-corrected chi connectivity index (χ3v) is 2.89. The molecular weight excluding hydrogens is 252 g/mol. The zero-order valence-electron chi connectivity index (χ0n) is 7.12. The van der Waals surface area contributed by atoms with Gasteiger partial charge in [0.1, 0.15) is 16.4 Å². The number of hydrogen-bond acceptors (Lipinski definition) is 5. The Kier molecular flexibility index (Phi) is 3.00. The highest BCUT2D eigenvalue weighted by molar-refractivity contribution is 8.13. The first-order valence-electron chi connectivity index (χ1n) is 3.52. The second-order valence-electron chi connectivity index (χ2n) is 2.59. The summed E-state index contributed by atoms with van der Waals surface area (Å²) in [7, 11) is 0.567. The number of nitrogens with zero attached hydrogens (tertiary/aromatic N) is 1. The van der Waals surface area contributed by atoms with Crippen LogP contribution in [0.25, 0.3) is 0 Å². The number of alkyl halides is 2. The van der Waals surface area contributed by atoms with Gasteiger partial charge in [0.05, 0.1) is 5.69 Å². The molecular formula is C6H6ClF2N3O2S. The normalized spacial score (nSPS) is 12.0. The number of nitrogen functional groups attached to an aromatic ring is 2. The maximum Gasteiger partial charge on any atom is 0.281 e. The molecule has 0 amide bonds. The van der Waals surface area contributed by atoms with Crippen molar-refractivity contribution in [2.24, 2.45) is 0 Å². The molecule has 15 heavy (non-hydrogen) atoms. The Morgan fingerprint density at radius 1 is 1.40 bits per heavy atom. The minimum absolute atomic E-state index is 0.299. The van der Waals surface area contributed by atoms with Crippen molar-refractivity contribution in [1.29, 1.82) is 0 Å². The molecule has 0 atom stereocenters. The molecule has 0 radical (unpaired) electrons. The van der Waals surface area contributed by atoms with Crippen LogP contribution in [-0.4, -0.2) is 13.4 Å². The van der Waals surface area contributed by atoms with E-state index in [1.165, 1.54) is 0 Å². The zero-order valence-corrected chi connectivity index (χ0v) is 8.69. The lowest BCUT2D eigenvalue weighted by Crippen LogP contribution is -2.08. The molecule has 1 aromatic rings. The first-order valence-corrected chi connectivity index (χ1v) is 5.83. The molecule has 0 spiro atoms. The first-order chi connectivity index (χ1) is 6.73. The van der Waals surface area contributed by atoms with Gasteiger partial charge in [-0.1, -0.05) is 0 Å².